The first kappa shape index (κ1) is 18.0. The van der Waals surface area contributed by atoms with Crippen LogP contribution in [0.4, 0.5) is 4.79 Å². The number of nitrogens with one attached hydrogen (secondary N) is 2. The Morgan fingerprint density at radius 3 is 2.71 bits per heavy atom. The molecule has 0 aliphatic carbocycles. The number of aromatic nitrogens is 2. The predicted octanol–water partition coefficient (Wildman–Crippen LogP) is 2.12. The van der Waals surface area contributed by atoms with Gasteiger partial charge in [-0.2, -0.15) is 5.10 Å². The maximum atomic E-state index is 11.8. The normalized spacial score (nSPS) is 11.3. The number of aliphatic hydroxyl groups is 1. The molecule has 3 N–H and O–H groups in total. The fourth-order valence-corrected chi connectivity index (χ4v) is 2.30. The number of carbonyl (C=O) groups excluding carboxylic acids is 1. The average molecular weight is 330 g/mol. The molecule has 0 bridgehead atoms. The smallest absolute Gasteiger partial charge is 0.314 e. The van der Waals surface area contributed by atoms with Gasteiger partial charge in [0.05, 0.1) is 11.9 Å². The highest BCUT2D eigenvalue weighted by Crippen LogP contribution is 2.17. The standard InChI is InChI=1S/C18H26N4O2/c1-18(2,9-11-23)14-20-17(24)19-10-8-15-12-21-22(13-15)16-6-4-3-5-7-16/h3-7,12-13,23H,8-11,14H2,1-2H3,(H2,19,20,24). The first-order valence-corrected chi connectivity index (χ1v) is 8.22. The zero-order chi connectivity index (χ0) is 17.4. The van der Waals surface area contributed by atoms with Crippen molar-refractivity contribution < 1.29 is 9.90 Å². The van der Waals surface area contributed by atoms with Gasteiger partial charge in [0.15, 0.2) is 0 Å². The van der Waals surface area contributed by atoms with Gasteiger partial charge >= 0.3 is 6.03 Å². The number of nitrogens with zero attached hydrogens (tertiary/aromatic N) is 2. The zero-order valence-corrected chi connectivity index (χ0v) is 14.3. The number of rotatable bonds is 8. The quantitative estimate of drug-likeness (QED) is 0.694. The molecule has 2 aromatic rings. The molecule has 0 fully saturated rings. The lowest BCUT2D eigenvalue weighted by Gasteiger charge is -2.23. The molecule has 1 aromatic carbocycles. The highest BCUT2D eigenvalue weighted by atomic mass is 16.3. The second-order valence-corrected chi connectivity index (χ2v) is 6.63. The Morgan fingerprint density at radius 2 is 2.00 bits per heavy atom. The van der Waals surface area contributed by atoms with E-state index < -0.39 is 0 Å². The predicted molar refractivity (Wildman–Crippen MR) is 94.2 cm³/mol. The van der Waals surface area contributed by atoms with E-state index in [-0.39, 0.29) is 18.1 Å². The topological polar surface area (TPSA) is 79.2 Å². The fraction of sp³-hybridized carbons (Fsp3) is 0.444. The minimum Gasteiger partial charge on any atom is -0.396 e. The number of para-hydroxylation sites is 1. The van der Waals surface area contributed by atoms with E-state index in [0.717, 1.165) is 17.7 Å². The molecule has 2 amide bonds. The summed E-state index contributed by atoms with van der Waals surface area (Å²) in [5.74, 6) is 0. The summed E-state index contributed by atoms with van der Waals surface area (Å²) < 4.78 is 1.83. The zero-order valence-electron chi connectivity index (χ0n) is 14.3. The molecule has 1 heterocycles. The van der Waals surface area contributed by atoms with Gasteiger partial charge < -0.3 is 15.7 Å². The summed E-state index contributed by atoms with van der Waals surface area (Å²) in [6, 6.07) is 9.73. The molecule has 2 rings (SSSR count). The number of amides is 2. The highest BCUT2D eigenvalue weighted by molar-refractivity contribution is 5.73. The first-order chi connectivity index (χ1) is 11.5. The van der Waals surface area contributed by atoms with Gasteiger partial charge in [-0.3, -0.25) is 0 Å². The summed E-state index contributed by atoms with van der Waals surface area (Å²) in [5.41, 5.74) is 1.98. The van der Waals surface area contributed by atoms with Crippen molar-refractivity contribution in [2.45, 2.75) is 26.7 Å². The third kappa shape index (κ3) is 5.70. The molecular weight excluding hydrogens is 304 g/mol. The molecule has 24 heavy (non-hydrogen) atoms. The Balaban J connectivity index is 1.73. The SMILES string of the molecule is CC(C)(CCO)CNC(=O)NCCc1cnn(-c2ccccc2)c1. The maximum absolute atomic E-state index is 11.8. The Kier molecular flexibility index (Phi) is 6.37. The van der Waals surface area contributed by atoms with Gasteiger partial charge in [-0.05, 0) is 36.0 Å². The molecule has 0 atom stereocenters. The third-order valence-corrected chi connectivity index (χ3v) is 3.87. The van der Waals surface area contributed by atoms with Crippen molar-refractivity contribution in [1.29, 1.82) is 0 Å². The lowest BCUT2D eigenvalue weighted by Crippen LogP contribution is -2.41. The van der Waals surface area contributed by atoms with E-state index in [1.165, 1.54) is 0 Å². The van der Waals surface area contributed by atoms with Gasteiger partial charge in [0.2, 0.25) is 0 Å². The van der Waals surface area contributed by atoms with Crippen molar-refractivity contribution in [2.24, 2.45) is 5.41 Å². The summed E-state index contributed by atoms with van der Waals surface area (Å²) in [7, 11) is 0. The lowest BCUT2D eigenvalue weighted by atomic mass is 9.90. The Morgan fingerprint density at radius 1 is 1.25 bits per heavy atom. The minimum absolute atomic E-state index is 0.108. The number of benzene rings is 1. The monoisotopic (exact) mass is 330 g/mol. The van der Waals surface area contributed by atoms with Crippen LogP contribution in [-0.2, 0) is 6.42 Å². The van der Waals surface area contributed by atoms with Gasteiger partial charge in [0.25, 0.3) is 0 Å². The molecule has 0 saturated carbocycles. The van der Waals surface area contributed by atoms with Crippen LogP contribution in [0.25, 0.3) is 5.69 Å². The van der Waals surface area contributed by atoms with E-state index in [1.807, 2.05) is 61.3 Å². The van der Waals surface area contributed by atoms with Crippen LogP contribution >= 0.6 is 0 Å². The number of urea groups is 1. The molecule has 0 aliphatic heterocycles. The molecular formula is C18H26N4O2. The van der Waals surface area contributed by atoms with Crippen molar-refractivity contribution >= 4 is 6.03 Å². The van der Waals surface area contributed by atoms with E-state index in [4.69, 9.17) is 5.11 Å². The van der Waals surface area contributed by atoms with Crippen molar-refractivity contribution in [3.05, 3.63) is 48.3 Å². The van der Waals surface area contributed by atoms with Crippen LogP contribution in [0.3, 0.4) is 0 Å². The minimum atomic E-state index is -0.184. The van der Waals surface area contributed by atoms with Crippen LogP contribution in [0, 0.1) is 5.41 Å². The molecule has 1 aromatic heterocycles. The molecule has 0 unspecified atom stereocenters. The Labute approximate surface area is 142 Å². The van der Waals surface area contributed by atoms with Gasteiger partial charge in [0, 0.05) is 25.9 Å². The van der Waals surface area contributed by atoms with E-state index in [1.54, 1.807) is 0 Å². The lowest BCUT2D eigenvalue weighted by molar-refractivity contribution is 0.201. The second kappa shape index (κ2) is 8.49. The van der Waals surface area contributed by atoms with E-state index in [2.05, 4.69) is 15.7 Å². The Hall–Kier alpha value is -2.34. The van der Waals surface area contributed by atoms with Crippen LogP contribution in [0.5, 0.6) is 0 Å². The van der Waals surface area contributed by atoms with Crippen LogP contribution in [0.15, 0.2) is 42.7 Å². The summed E-state index contributed by atoms with van der Waals surface area (Å²) in [5, 5.41) is 19.0. The van der Waals surface area contributed by atoms with Gasteiger partial charge in [-0.1, -0.05) is 32.0 Å². The number of carbonyl (C=O) groups is 1. The fourth-order valence-electron chi connectivity index (χ4n) is 2.30. The first-order valence-electron chi connectivity index (χ1n) is 8.22. The second-order valence-electron chi connectivity index (χ2n) is 6.63. The third-order valence-electron chi connectivity index (χ3n) is 3.87. The molecule has 0 radical (unpaired) electrons. The van der Waals surface area contributed by atoms with Gasteiger partial charge in [-0.25, -0.2) is 9.48 Å². The van der Waals surface area contributed by atoms with Crippen molar-refractivity contribution in [3.8, 4) is 5.69 Å². The van der Waals surface area contributed by atoms with Crippen LogP contribution in [-0.4, -0.2) is 40.6 Å². The molecule has 0 spiro atoms. The summed E-state index contributed by atoms with van der Waals surface area (Å²) in [6.45, 7) is 5.24. The summed E-state index contributed by atoms with van der Waals surface area (Å²) in [4.78, 5) is 11.8. The van der Waals surface area contributed by atoms with Gasteiger partial charge in [0.1, 0.15) is 0 Å². The largest absolute Gasteiger partial charge is 0.396 e. The number of aliphatic hydroxyl groups excluding tert-OH is 1. The molecule has 0 aliphatic rings. The van der Waals surface area contributed by atoms with E-state index in [9.17, 15) is 4.79 Å². The maximum Gasteiger partial charge on any atom is 0.314 e. The number of hydrogen-bond donors (Lipinski definition) is 3. The van der Waals surface area contributed by atoms with Gasteiger partial charge in [-0.15, -0.1) is 0 Å². The van der Waals surface area contributed by atoms with Crippen LogP contribution < -0.4 is 10.6 Å². The van der Waals surface area contributed by atoms with Crippen LogP contribution in [0.1, 0.15) is 25.8 Å². The van der Waals surface area contributed by atoms with Crippen molar-refractivity contribution in [3.63, 3.8) is 0 Å². The van der Waals surface area contributed by atoms with Crippen molar-refractivity contribution in [1.82, 2.24) is 20.4 Å². The highest BCUT2D eigenvalue weighted by Gasteiger charge is 2.17. The van der Waals surface area contributed by atoms with Crippen LogP contribution in [0.2, 0.25) is 0 Å². The van der Waals surface area contributed by atoms with E-state index in [0.29, 0.717) is 19.5 Å². The molecule has 0 saturated heterocycles. The number of hydrogen-bond acceptors (Lipinski definition) is 3. The average Bonchev–Trinajstić information content (AvgIpc) is 3.03. The molecule has 6 nitrogen and oxygen atoms in total. The summed E-state index contributed by atoms with van der Waals surface area (Å²) >= 11 is 0. The molecule has 130 valence electrons. The molecule has 6 heteroatoms. The Bertz CT molecular complexity index is 637. The summed E-state index contributed by atoms with van der Waals surface area (Å²) in [6.07, 6.45) is 5.17. The van der Waals surface area contributed by atoms with Crippen molar-refractivity contribution in [2.75, 3.05) is 19.7 Å². The van der Waals surface area contributed by atoms with E-state index >= 15 is 0 Å².